The summed E-state index contributed by atoms with van der Waals surface area (Å²) < 4.78 is 21.1. The number of hydrogen-bond donors (Lipinski definition) is 1. The fourth-order valence-corrected chi connectivity index (χ4v) is 5.30. The lowest BCUT2D eigenvalue weighted by Crippen LogP contribution is -2.40. The van der Waals surface area contributed by atoms with Gasteiger partial charge in [0.15, 0.2) is 11.6 Å². The zero-order chi connectivity index (χ0) is 23.7. The minimum Gasteiger partial charge on any atom is -0.486 e. The van der Waals surface area contributed by atoms with E-state index >= 15 is 0 Å². The average Bonchev–Trinajstić information content (AvgIpc) is 3.30. The van der Waals surface area contributed by atoms with Crippen LogP contribution in [0.3, 0.4) is 0 Å². The molecule has 4 heterocycles. The van der Waals surface area contributed by atoms with Crippen LogP contribution >= 0.6 is 0 Å². The highest BCUT2D eigenvalue weighted by atomic mass is 19.1. The SMILES string of the molecule is CCCc1cnc(N2CCC(C3Cc4cc(C5=CCN(C(=O)O)CC5)cc(F)c4O3)CC2)nc1. The second-order valence-electron chi connectivity index (χ2n) is 9.48. The molecule has 5 rings (SSSR count). The first-order valence-electron chi connectivity index (χ1n) is 12.2. The molecule has 1 saturated heterocycles. The first kappa shape index (κ1) is 22.6. The number of aryl methyl sites for hydroxylation is 1. The summed E-state index contributed by atoms with van der Waals surface area (Å²) in [6.07, 6.45) is 10.1. The molecule has 180 valence electrons. The molecule has 1 atom stereocenters. The Morgan fingerprint density at radius 1 is 1.21 bits per heavy atom. The van der Waals surface area contributed by atoms with E-state index < -0.39 is 6.09 Å². The molecule has 0 radical (unpaired) electrons. The van der Waals surface area contributed by atoms with Crippen molar-refractivity contribution in [2.24, 2.45) is 5.92 Å². The van der Waals surface area contributed by atoms with Gasteiger partial charge >= 0.3 is 6.09 Å². The molecule has 1 fully saturated rings. The van der Waals surface area contributed by atoms with E-state index in [-0.39, 0.29) is 11.9 Å². The van der Waals surface area contributed by atoms with Gasteiger partial charge in [-0.2, -0.15) is 0 Å². The minimum absolute atomic E-state index is 0.0161. The van der Waals surface area contributed by atoms with Gasteiger partial charge in [-0.1, -0.05) is 19.4 Å². The van der Waals surface area contributed by atoms with Crippen LogP contribution in [0.15, 0.2) is 30.6 Å². The number of nitrogens with zero attached hydrogens (tertiary/aromatic N) is 4. The first-order chi connectivity index (χ1) is 16.5. The molecular formula is C26H31FN4O3. The molecule has 3 aliphatic heterocycles. The summed E-state index contributed by atoms with van der Waals surface area (Å²) in [5, 5.41) is 9.14. The number of benzene rings is 1. The van der Waals surface area contributed by atoms with Crippen LogP contribution in [-0.2, 0) is 12.8 Å². The Morgan fingerprint density at radius 2 is 1.97 bits per heavy atom. The molecule has 8 heteroatoms. The predicted molar refractivity (Wildman–Crippen MR) is 128 cm³/mol. The number of fused-ring (bicyclic) bond motifs is 1. The molecule has 1 N–H and O–H groups in total. The summed E-state index contributed by atoms with van der Waals surface area (Å²) in [5.74, 6) is 1.21. The van der Waals surface area contributed by atoms with E-state index in [9.17, 15) is 9.18 Å². The van der Waals surface area contributed by atoms with Crippen molar-refractivity contribution in [1.82, 2.24) is 14.9 Å². The van der Waals surface area contributed by atoms with Gasteiger partial charge in [-0.05, 0) is 60.4 Å². The van der Waals surface area contributed by atoms with Crippen molar-refractivity contribution < 1.29 is 19.0 Å². The summed E-state index contributed by atoms with van der Waals surface area (Å²) in [6.45, 7) is 4.66. The van der Waals surface area contributed by atoms with Crippen LogP contribution in [-0.4, -0.2) is 58.4 Å². The van der Waals surface area contributed by atoms with Crippen molar-refractivity contribution in [3.05, 3.63) is 53.1 Å². The van der Waals surface area contributed by atoms with Crippen LogP contribution in [0.5, 0.6) is 5.75 Å². The number of hydrogen-bond acceptors (Lipinski definition) is 5. The fourth-order valence-electron chi connectivity index (χ4n) is 5.30. The molecule has 1 aromatic heterocycles. The Labute approximate surface area is 199 Å². The highest BCUT2D eigenvalue weighted by molar-refractivity contribution is 5.72. The zero-order valence-electron chi connectivity index (χ0n) is 19.5. The predicted octanol–water partition coefficient (Wildman–Crippen LogP) is 4.56. The van der Waals surface area contributed by atoms with Crippen molar-refractivity contribution in [2.75, 3.05) is 31.1 Å². The largest absolute Gasteiger partial charge is 0.486 e. The third-order valence-corrected chi connectivity index (χ3v) is 7.24. The van der Waals surface area contributed by atoms with Crippen LogP contribution in [0, 0.1) is 11.7 Å². The number of piperidine rings is 1. The Morgan fingerprint density at radius 3 is 2.62 bits per heavy atom. The van der Waals surface area contributed by atoms with Gasteiger partial charge in [-0.25, -0.2) is 19.2 Å². The van der Waals surface area contributed by atoms with Crippen LogP contribution < -0.4 is 9.64 Å². The third kappa shape index (κ3) is 4.58. The summed E-state index contributed by atoms with van der Waals surface area (Å²) in [4.78, 5) is 23.8. The number of carboxylic acid groups (broad SMARTS) is 1. The quantitative estimate of drug-likeness (QED) is 0.696. The lowest BCUT2D eigenvalue weighted by Gasteiger charge is -2.34. The summed E-state index contributed by atoms with van der Waals surface area (Å²) in [5.41, 5.74) is 3.92. The highest BCUT2D eigenvalue weighted by Gasteiger charge is 2.35. The van der Waals surface area contributed by atoms with E-state index in [1.807, 2.05) is 24.5 Å². The Balaban J connectivity index is 1.21. The first-order valence-corrected chi connectivity index (χ1v) is 12.2. The maximum absolute atomic E-state index is 14.9. The molecule has 7 nitrogen and oxygen atoms in total. The van der Waals surface area contributed by atoms with Gasteiger partial charge in [0.1, 0.15) is 6.10 Å². The molecule has 3 aliphatic rings. The highest BCUT2D eigenvalue weighted by Crippen LogP contribution is 2.39. The lowest BCUT2D eigenvalue weighted by molar-refractivity contribution is 0.134. The van der Waals surface area contributed by atoms with Crippen molar-refractivity contribution in [1.29, 1.82) is 0 Å². The summed E-state index contributed by atoms with van der Waals surface area (Å²) in [7, 11) is 0. The normalized spacial score (nSPS) is 20.6. The Bertz CT molecular complexity index is 1080. The maximum Gasteiger partial charge on any atom is 0.407 e. The molecule has 1 amide bonds. The molecule has 0 saturated carbocycles. The van der Waals surface area contributed by atoms with Crippen molar-refractivity contribution in [3.63, 3.8) is 0 Å². The summed E-state index contributed by atoms with van der Waals surface area (Å²) >= 11 is 0. The number of ether oxygens (including phenoxy) is 1. The van der Waals surface area contributed by atoms with Gasteiger partial charge in [0, 0.05) is 50.6 Å². The average molecular weight is 467 g/mol. The standard InChI is InChI=1S/C26H31FN4O3/c1-2-3-17-15-28-25(29-16-17)30-8-6-19(7-9-30)23-14-21-12-20(13-22(27)24(21)34-23)18-4-10-31(11-5-18)26(32)33/h4,12-13,15-16,19,23H,2-3,5-11,14H2,1H3,(H,32,33). The van der Waals surface area contributed by atoms with Crippen molar-refractivity contribution in [3.8, 4) is 5.75 Å². The van der Waals surface area contributed by atoms with Crippen LogP contribution in [0.2, 0.25) is 0 Å². The van der Waals surface area contributed by atoms with E-state index in [0.29, 0.717) is 37.6 Å². The Kier molecular flexibility index (Phi) is 6.39. The fraction of sp³-hybridized carbons (Fsp3) is 0.500. The van der Waals surface area contributed by atoms with Crippen LogP contribution in [0.4, 0.5) is 15.1 Å². The van der Waals surface area contributed by atoms with E-state index in [2.05, 4.69) is 21.8 Å². The van der Waals surface area contributed by atoms with Gasteiger partial charge in [0.25, 0.3) is 0 Å². The molecule has 0 bridgehead atoms. The van der Waals surface area contributed by atoms with Crippen LogP contribution in [0.1, 0.15) is 49.3 Å². The number of carbonyl (C=O) groups is 1. The van der Waals surface area contributed by atoms with E-state index in [1.54, 1.807) is 0 Å². The third-order valence-electron chi connectivity index (χ3n) is 7.24. The van der Waals surface area contributed by atoms with Gasteiger partial charge in [-0.3, -0.25) is 0 Å². The maximum atomic E-state index is 14.9. The molecule has 1 unspecified atom stereocenters. The smallest absolute Gasteiger partial charge is 0.407 e. The van der Waals surface area contributed by atoms with Crippen molar-refractivity contribution in [2.45, 2.75) is 51.6 Å². The van der Waals surface area contributed by atoms with E-state index in [0.717, 1.165) is 61.4 Å². The Hall–Kier alpha value is -3.16. The van der Waals surface area contributed by atoms with Gasteiger partial charge in [-0.15, -0.1) is 0 Å². The van der Waals surface area contributed by atoms with Crippen molar-refractivity contribution >= 4 is 17.6 Å². The van der Waals surface area contributed by atoms with E-state index in [1.165, 1.54) is 16.5 Å². The monoisotopic (exact) mass is 466 g/mol. The second kappa shape index (κ2) is 9.60. The molecule has 0 spiro atoms. The van der Waals surface area contributed by atoms with Gasteiger partial charge in [0.2, 0.25) is 5.95 Å². The lowest BCUT2D eigenvalue weighted by atomic mass is 9.88. The minimum atomic E-state index is -0.919. The molecule has 0 aliphatic carbocycles. The van der Waals surface area contributed by atoms with Crippen LogP contribution in [0.25, 0.3) is 5.57 Å². The number of amides is 1. The number of halogens is 1. The molecular weight excluding hydrogens is 435 g/mol. The number of rotatable bonds is 5. The molecule has 1 aromatic carbocycles. The molecule has 2 aromatic rings. The topological polar surface area (TPSA) is 78.8 Å². The number of anilines is 1. The second-order valence-corrected chi connectivity index (χ2v) is 9.48. The van der Waals surface area contributed by atoms with Gasteiger partial charge < -0.3 is 19.6 Å². The zero-order valence-corrected chi connectivity index (χ0v) is 19.5. The molecule has 34 heavy (non-hydrogen) atoms. The number of aromatic nitrogens is 2. The van der Waals surface area contributed by atoms with E-state index in [4.69, 9.17) is 9.84 Å². The summed E-state index contributed by atoms with van der Waals surface area (Å²) in [6, 6.07) is 3.56. The van der Waals surface area contributed by atoms with Gasteiger partial charge in [0.05, 0.1) is 0 Å².